The summed E-state index contributed by atoms with van der Waals surface area (Å²) in [4.78, 5) is 3.93. The fraction of sp³-hybridized carbons (Fsp3) is 0.0909. The minimum Gasteiger partial charge on any atom is -0.486 e. The number of furan rings is 1. The highest BCUT2D eigenvalue weighted by Crippen LogP contribution is 2.13. The Bertz CT molecular complexity index is 480. The molecule has 16 heavy (non-hydrogen) atoms. The summed E-state index contributed by atoms with van der Waals surface area (Å²) in [7, 11) is 0. The van der Waals surface area contributed by atoms with Crippen LogP contribution in [0.25, 0.3) is 0 Å². The van der Waals surface area contributed by atoms with E-state index in [9.17, 15) is 0 Å². The normalized spacial score (nSPS) is 10.0. The Kier molecular flexibility index (Phi) is 2.86. The van der Waals surface area contributed by atoms with Crippen molar-refractivity contribution < 1.29 is 9.15 Å². The van der Waals surface area contributed by atoms with Gasteiger partial charge in [-0.1, -0.05) is 0 Å². The summed E-state index contributed by atoms with van der Waals surface area (Å²) in [6.07, 6.45) is 3.14. The number of rotatable bonds is 4. The molecule has 0 saturated heterocycles. The second-order valence-corrected chi connectivity index (χ2v) is 3.16. The molecular weight excluding hydrogens is 206 g/mol. The van der Waals surface area contributed by atoms with E-state index < -0.39 is 0 Å². The molecule has 2 aromatic heterocycles. The number of nitrogens with zero attached hydrogens (tertiary/aromatic N) is 1. The van der Waals surface area contributed by atoms with E-state index in [-0.39, 0.29) is 5.84 Å². The quantitative estimate of drug-likeness (QED) is 0.600. The lowest BCUT2D eigenvalue weighted by Gasteiger charge is -2.05. The van der Waals surface area contributed by atoms with E-state index in [4.69, 9.17) is 20.3 Å². The molecule has 0 fully saturated rings. The molecule has 0 aromatic carbocycles. The Morgan fingerprint density at radius 2 is 2.38 bits per heavy atom. The third-order valence-electron chi connectivity index (χ3n) is 1.97. The van der Waals surface area contributed by atoms with Gasteiger partial charge in [-0.05, 0) is 18.2 Å². The first-order valence-electron chi connectivity index (χ1n) is 4.71. The van der Waals surface area contributed by atoms with E-state index >= 15 is 0 Å². The number of amidine groups is 1. The molecule has 2 aromatic rings. The van der Waals surface area contributed by atoms with Crippen molar-refractivity contribution in [2.45, 2.75) is 6.61 Å². The summed E-state index contributed by atoms with van der Waals surface area (Å²) in [6, 6.07) is 6.94. The van der Waals surface area contributed by atoms with Crippen LogP contribution in [0.4, 0.5) is 0 Å². The van der Waals surface area contributed by atoms with Gasteiger partial charge in [0.2, 0.25) is 0 Å². The Morgan fingerprint density at radius 1 is 1.50 bits per heavy atom. The van der Waals surface area contributed by atoms with Gasteiger partial charge in [0, 0.05) is 12.3 Å². The van der Waals surface area contributed by atoms with Gasteiger partial charge in [-0.25, -0.2) is 0 Å². The van der Waals surface area contributed by atoms with Crippen LogP contribution in [0, 0.1) is 5.41 Å². The van der Waals surface area contributed by atoms with Crippen LogP contribution < -0.4 is 10.5 Å². The Hall–Kier alpha value is -2.30. The number of nitrogen functional groups attached to an aromatic ring is 1. The molecule has 5 nitrogen and oxygen atoms in total. The number of ether oxygens (including phenoxy) is 1. The summed E-state index contributed by atoms with van der Waals surface area (Å²) in [5.74, 6) is 1.27. The zero-order valence-electron chi connectivity index (χ0n) is 8.51. The highest BCUT2D eigenvalue weighted by atomic mass is 16.5. The second kappa shape index (κ2) is 4.48. The predicted octanol–water partition coefficient (Wildman–Crippen LogP) is 1.54. The van der Waals surface area contributed by atoms with Crippen LogP contribution in [0.5, 0.6) is 5.75 Å². The van der Waals surface area contributed by atoms with Gasteiger partial charge in [0.15, 0.2) is 0 Å². The highest BCUT2D eigenvalue weighted by Gasteiger charge is 2.02. The van der Waals surface area contributed by atoms with E-state index in [0.29, 0.717) is 18.1 Å². The monoisotopic (exact) mass is 217 g/mol. The molecule has 0 saturated carbocycles. The molecule has 0 aliphatic rings. The standard InChI is InChI=1S/C11H11N3O2/c12-11(13)10-6-8(3-4-14-10)16-7-9-2-1-5-15-9/h1-6H,7H2,(H3,12,13). The number of hydrogen-bond acceptors (Lipinski definition) is 4. The zero-order valence-corrected chi connectivity index (χ0v) is 8.51. The van der Waals surface area contributed by atoms with Gasteiger partial charge in [0.05, 0.1) is 6.26 Å². The first kappa shape index (κ1) is 10.2. The third-order valence-corrected chi connectivity index (χ3v) is 1.97. The van der Waals surface area contributed by atoms with Gasteiger partial charge >= 0.3 is 0 Å². The van der Waals surface area contributed by atoms with Crippen LogP contribution in [0.1, 0.15) is 11.5 Å². The molecule has 0 radical (unpaired) electrons. The molecule has 2 rings (SSSR count). The fourth-order valence-corrected chi connectivity index (χ4v) is 1.20. The molecule has 0 bridgehead atoms. The fourth-order valence-electron chi connectivity index (χ4n) is 1.20. The maximum atomic E-state index is 7.24. The van der Waals surface area contributed by atoms with Crippen LogP contribution in [0.3, 0.4) is 0 Å². The van der Waals surface area contributed by atoms with Gasteiger partial charge in [-0.15, -0.1) is 0 Å². The van der Waals surface area contributed by atoms with Crippen molar-refractivity contribution in [2.24, 2.45) is 5.73 Å². The molecule has 0 unspecified atom stereocenters. The Balaban J connectivity index is 2.04. The van der Waals surface area contributed by atoms with Gasteiger partial charge < -0.3 is 14.9 Å². The average molecular weight is 217 g/mol. The van der Waals surface area contributed by atoms with E-state index in [1.165, 1.54) is 0 Å². The van der Waals surface area contributed by atoms with Gasteiger partial charge in [0.1, 0.15) is 29.6 Å². The predicted molar refractivity (Wildman–Crippen MR) is 58.3 cm³/mol. The lowest BCUT2D eigenvalue weighted by molar-refractivity contribution is 0.270. The van der Waals surface area contributed by atoms with Gasteiger partial charge in [0.25, 0.3) is 0 Å². The van der Waals surface area contributed by atoms with Gasteiger partial charge in [-0.3, -0.25) is 10.4 Å². The molecule has 2 heterocycles. The van der Waals surface area contributed by atoms with Gasteiger partial charge in [-0.2, -0.15) is 0 Å². The number of aromatic nitrogens is 1. The summed E-state index contributed by atoms with van der Waals surface area (Å²) in [6.45, 7) is 0.342. The van der Waals surface area contributed by atoms with E-state index in [1.54, 1.807) is 30.7 Å². The van der Waals surface area contributed by atoms with Crippen molar-refractivity contribution in [2.75, 3.05) is 0 Å². The first-order chi connectivity index (χ1) is 7.75. The molecule has 82 valence electrons. The lowest BCUT2D eigenvalue weighted by Crippen LogP contribution is -2.12. The molecule has 3 N–H and O–H groups in total. The van der Waals surface area contributed by atoms with Crippen LogP contribution in [0.15, 0.2) is 41.1 Å². The van der Waals surface area contributed by atoms with Crippen LogP contribution >= 0.6 is 0 Å². The minimum atomic E-state index is -0.0801. The lowest BCUT2D eigenvalue weighted by atomic mass is 10.3. The summed E-state index contributed by atoms with van der Waals surface area (Å²) in [5, 5.41) is 7.24. The van der Waals surface area contributed by atoms with Crippen LogP contribution in [0.2, 0.25) is 0 Å². The third kappa shape index (κ3) is 2.38. The van der Waals surface area contributed by atoms with Crippen molar-refractivity contribution in [1.82, 2.24) is 4.98 Å². The summed E-state index contributed by atoms with van der Waals surface area (Å²) in [5.41, 5.74) is 5.72. The second-order valence-electron chi connectivity index (χ2n) is 3.16. The first-order valence-corrected chi connectivity index (χ1v) is 4.71. The van der Waals surface area contributed by atoms with Crippen molar-refractivity contribution >= 4 is 5.84 Å². The van der Waals surface area contributed by atoms with E-state index in [2.05, 4.69) is 4.98 Å². The highest BCUT2D eigenvalue weighted by molar-refractivity contribution is 5.93. The minimum absolute atomic E-state index is 0.0801. The van der Waals surface area contributed by atoms with E-state index in [0.717, 1.165) is 5.76 Å². The van der Waals surface area contributed by atoms with Crippen LogP contribution in [-0.4, -0.2) is 10.8 Å². The molecule has 0 atom stereocenters. The van der Waals surface area contributed by atoms with Crippen molar-refractivity contribution in [3.63, 3.8) is 0 Å². The Morgan fingerprint density at radius 3 is 3.06 bits per heavy atom. The molecule has 0 aliphatic heterocycles. The van der Waals surface area contributed by atoms with Crippen molar-refractivity contribution in [3.05, 3.63) is 48.2 Å². The number of pyridine rings is 1. The maximum absolute atomic E-state index is 7.24. The smallest absolute Gasteiger partial charge is 0.146 e. The molecule has 5 heteroatoms. The topological polar surface area (TPSA) is 85.1 Å². The number of nitrogens with two attached hydrogens (primary N) is 1. The summed E-state index contributed by atoms with van der Waals surface area (Å²) >= 11 is 0. The van der Waals surface area contributed by atoms with Crippen molar-refractivity contribution in [3.8, 4) is 5.75 Å². The summed E-state index contributed by atoms with van der Waals surface area (Å²) < 4.78 is 10.6. The molecule has 0 aliphatic carbocycles. The van der Waals surface area contributed by atoms with Crippen molar-refractivity contribution in [1.29, 1.82) is 5.41 Å². The molecule has 0 spiro atoms. The average Bonchev–Trinajstić information content (AvgIpc) is 2.79. The molecule has 0 amide bonds. The maximum Gasteiger partial charge on any atom is 0.146 e. The number of hydrogen-bond donors (Lipinski definition) is 2. The Labute approximate surface area is 92.4 Å². The van der Waals surface area contributed by atoms with Crippen LogP contribution in [-0.2, 0) is 6.61 Å². The molecular formula is C11H11N3O2. The SMILES string of the molecule is N=C(N)c1cc(OCc2ccco2)ccn1. The largest absolute Gasteiger partial charge is 0.486 e. The number of nitrogens with one attached hydrogen (secondary N) is 1. The van der Waals surface area contributed by atoms with E-state index in [1.807, 2.05) is 6.07 Å². The zero-order chi connectivity index (χ0) is 11.4.